The van der Waals surface area contributed by atoms with Crippen molar-refractivity contribution in [3.05, 3.63) is 87.9 Å². The first kappa shape index (κ1) is 26.9. The van der Waals surface area contributed by atoms with Crippen LogP contribution in [0.3, 0.4) is 0 Å². The molecule has 1 atom stereocenters. The number of ether oxygens (including phenoxy) is 2. The minimum absolute atomic E-state index is 0.0204. The van der Waals surface area contributed by atoms with Gasteiger partial charge in [-0.1, -0.05) is 71.7 Å². The third-order valence-electron chi connectivity index (χ3n) is 8.68. The fourth-order valence-corrected chi connectivity index (χ4v) is 6.83. The molecule has 7 rings (SSSR count). The van der Waals surface area contributed by atoms with Crippen LogP contribution in [0.15, 0.2) is 66.7 Å². The van der Waals surface area contributed by atoms with Gasteiger partial charge in [0.25, 0.3) is 5.91 Å². The Morgan fingerprint density at radius 2 is 1.52 bits per heavy atom. The highest BCUT2D eigenvalue weighted by atomic mass is 35.5. The quantitative estimate of drug-likeness (QED) is 0.326. The molecule has 3 fully saturated rings. The van der Waals surface area contributed by atoms with Gasteiger partial charge in [-0.15, -0.1) is 0 Å². The fraction of sp³-hybridized carbons (Fsp3) is 0.355. The molecule has 0 heterocycles. The molecule has 0 aliphatic heterocycles. The molecule has 0 unspecified atom stereocenters. The second-order valence-corrected chi connectivity index (χ2v) is 11.8. The summed E-state index contributed by atoms with van der Waals surface area (Å²) >= 11 is 11.9. The molecule has 0 aromatic heterocycles. The van der Waals surface area contributed by atoms with Crippen LogP contribution >= 0.6 is 23.2 Å². The number of alkyl carbamates (subject to hydrolysis) is 1. The highest BCUT2D eigenvalue weighted by Gasteiger charge is 2.55. The zero-order valence-corrected chi connectivity index (χ0v) is 23.3. The van der Waals surface area contributed by atoms with Gasteiger partial charge in [0.05, 0.1) is 21.7 Å². The van der Waals surface area contributed by atoms with Crippen molar-refractivity contribution in [1.82, 2.24) is 10.6 Å². The second-order valence-electron chi connectivity index (χ2n) is 11.0. The molecule has 0 saturated heterocycles. The minimum Gasteiger partial charge on any atom is -0.484 e. The number of nitrogens with one attached hydrogen (secondary N) is 2. The molecule has 4 aliphatic rings. The molecule has 3 saturated carbocycles. The van der Waals surface area contributed by atoms with E-state index in [-0.39, 0.29) is 25.0 Å². The lowest BCUT2D eigenvalue weighted by Crippen LogP contribution is -2.70. The van der Waals surface area contributed by atoms with Crippen LogP contribution in [0.5, 0.6) is 5.75 Å². The van der Waals surface area contributed by atoms with Gasteiger partial charge in [-0.2, -0.15) is 0 Å². The Morgan fingerprint density at radius 1 is 0.875 bits per heavy atom. The van der Waals surface area contributed by atoms with Crippen LogP contribution in [0.2, 0.25) is 10.0 Å². The van der Waals surface area contributed by atoms with Gasteiger partial charge in [0, 0.05) is 17.5 Å². The Balaban J connectivity index is 1.03. The predicted molar refractivity (Wildman–Crippen MR) is 153 cm³/mol. The Hall–Kier alpha value is -3.26. The van der Waals surface area contributed by atoms with E-state index in [0.717, 1.165) is 11.1 Å². The maximum atomic E-state index is 13.0. The number of aliphatic hydroxyl groups is 1. The number of amides is 2. The normalized spacial score (nSPS) is 24.6. The summed E-state index contributed by atoms with van der Waals surface area (Å²) in [6, 6.07) is 21.2. The Morgan fingerprint density at radius 3 is 2.15 bits per heavy atom. The summed E-state index contributed by atoms with van der Waals surface area (Å²) in [6.45, 7) is 0.0207. The number of halogens is 2. The largest absolute Gasteiger partial charge is 0.484 e. The van der Waals surface area contributed by atoms with Crippen LogP contribution in [-0.4, -0.2) is 47.5 Å². The van der Waals surface area contributed by atoms with Crippen molar-refractivity contribution in [3.8, 4) is 16.9 Å². The summed E-state index contributed by atoms with van der Waals surface area (Å²) in [7, 11) is 0. The number of hydrogen-bond donors (Lipinski definition) is 3. The monoisotopic (exact) mass is 580 g/mol. The summed E-state index contributed by atoms with van der Waals surface area (Å²) in [5.74, 6) is 0.0816. The average Bonchev–Trinajstić information content (AvgIpc) is 3.27. The molecule has 7 nitrogen and oxygen atoms in total. The molecule has 9 heteroatoms. The third-order valence-corrected chi connectivity index (χ3v) is 9.42. The number of fused-ring (bicyclic) bond motifs is 6. The zero-order chi connectivity index (χ0) is 27.9. The van der Waals surface area contributed by atoms with Crippen molar-refractivity contribution in [2.24, 2.45) is 0 Å². The van der Waals surface area contributed by atoms with E-state index in [1.54, 1.807) is 18.2 Å². The maximum Gasteiger partial charge on any atom is 0.407 e. The van der Waals surface area contributed by atoms with Gasteiger partial charge < -0.3 is 25.2 Å². The fourth-order valence-electron chi connectivity index (χ4n) is 6.54. The molecule has 3 N–H and O–H groups in total. The Labute approximate surface area is 242 Å². The van der Waals surface area contributed by atoms with Crippen molar-refractivity contribution in [2.45, 2.75) is 55.2 Å². The number of rotatable bonds is 7. The van der Waals surface area contributed by atoms with E-state index in [0.29, 0.717) is 47.9 Å². The lowest BCUT2D eigenvalue weighted by atomic mass is 9.60. The van der Waals surface area contributed by atoms with Crippen LogP contribution < -0.4 is 15.4 Å². The van der Waals surface area contributed by atoms with Crippen molar-refractivity contribution in [2.75, 3.05) is 13.2 Å². The summed E-state index contributed by atoms with van der Waals surface area (Å²) in [5.41, 5.74) is 3.35. The number of aliphatic hydroxyl groups excluding tert-OH is 1. The van der Waals surface area contributed by atoms with Crippen LogP contribution in [0.25, 0.3) is 11.1 Å². The summed E-state index contributed by atoms with van der Waals surface area (Å²) < 4.78 is 11.3. The van der Waals surface area contributed by atoms with Crippen molar-refractivity contribution < 1.29 is 24.2 Å². The van der Waals surface area contributed by atoms with Crippen LogP contribution in [0.1, 0.15) is 49.1 Å². The number of benzene rings is 3. The highest BCUT2D eigenvalue weighted by Crippen LogP contribution is 2.48. The molecule has 40 heavy (non-hydrogen) atoms. The molecule has 2 bridgehead atoms. The first-order valence-electron chi connectivity index (χ1n) is 13.5. The van der Waals surface area contributed by atoms with Gasteiger partial charge in [0.2, 0.25) is 0 Å². The smallest absolute Gasteiger partial charge is 0.407 e. The second kappa shape index (κ2) is 10.6. The molecule has 2 amide bonds. The van der Waals surface area contributed by atoms with Gasteiger partial charge in [-0.25, -0.2) is 4.79 Å². The van der Waals surface area contributed by atoms with E-state index in [4.69, 9.17) is 32.7 Å². The summed E-state index contributed by atoms with van der Waals surface area (Å²) in [4.78, 5) is 25.7. The van der Waals surface area contributed by atoms with Gasteiger partial charge in [-0.3, -0.25) is 4.79 Å². The molecule has 3 aromatic rings. The number of carbonyl (C=O) groups excluding carboxylic acids is 2. The average molecular weight is 581 g/mol. The summed E-state index contributed by atoms with van der Waals surface area (Å²) in [6.07, 6.45) is 1.38. The van der Waals surface area contributed by atoms with E-state index < -0.39 is 23.3 Å². The van der Waals surface area contributed by atoms with Crippen molar-refractivity contribution >= 4 is 35.2 Å². The van der Waals surface area contributed by atoms with Gasteiger partial charge in [0.1, 0.15) is 12.4 Å². The van der Waals surface area contributed by atoms with E-state index in [2.05, 4.69) is 34.9 Å². The minimum atomic E-state index is -0.808. The van der Waals surface area contributed by atoms with E-state index in [1.165, 1.54) is 11.1 Å². The van der Waals surface area contributed by atoms with Crippen LogP contribution in [0.4, 0.5) is 4.79 Å². The number of hydrogen-bond acceptors (Lipinski definition) is 5. The lowest BCUT2D eigenvalue weighted by Gasteiger charge is -2.56. The SMILES string of the molecule is O=C(COc1ccc(Cl)c(Cl)c1)NC12CCC(NC(=O)OCC3c4ccccc4-c4ccccc43)(CC1)C[C@@H]2O. The Kier molecular flexibility index (Phi) is 7.15. The van der Waals surface area contributed by atoms with Crippen LogP contribution in [0, 0.1) is 0 Å². The maximum absolute atomic E-state index is 13.0. The molecule has 3 aromatic carbocycles. The predicted octanol–water partition coefficient (Wildman–Crippen LogP) is 5.84. The molecular formula is C31H30Cl2N2O5. The van der Waals surface area contributed by atoms with Crippen molar-refractivity contribution in [1.29, 1.82) is 0 Å². The van der Waals surface area contributed by atoms with Gasteiger partial charge >= 0.3 is 6.09 Å². The Bertz CT molecular complexity index is 1410. The summed E-state index contributed by atoms with van der Waals surface area (Å²) in [5, 5.41) is 17.9. The topological polar surface area (TPSA) is 96.9 Å². The van der Waals surface area contributed by atoms with Crippen LogP contribution in [-0.2, 0) is 9.53 Å². The highest BCUT2D eigenvalue weighted by molar-refractivity contribution is 6.42. The molecule has 0 radical (unpaired) electrons. The third kappa shape index (κ3) is 5.02. The molecule has 4 aliphatic carbocycles. The van der Waals surface area contributed by atoms with Gasteiger partial charge in [0.15, 0.2) is 6.61 Å². The van der Waals surface area contributed by atoms with Gasteiger partial charge in [-0.05, 0) is 66.5 Å². The standard InChI is InChI=1S/C31H30Cl2N2O5/c32-25-10-9-19(15-26(25)33)39-18-28(37)34-31-13-11-30(12-14-31,16-27(31)36)35-29(38)40-17-24-22-7-3-1-5-20(22)21-6-2-4-8-23(21)24/h1-10,15,24,27,36H,11-14,16-18H2,(H,34,37)(H,35,38)/t27-,30?,31?/m0/s1. The lowest BCUT2D eigenvalue weighted by molar-refractivity contribution is -0.132. The van der Waals surface area contributed by atoms with Crippen molar-refractivity contribution in [3.63, 3.8) is 0 Å². The molecule has 0 spiro atoms. The van der Waals surface area contributed by atoms with E-state index >= 15 is 0 Å². The molecule has 208 valence electrons. The van der Waals surface area contributed by atoms with E-state index in [1.807, 2.05) is 24.3 Å². The first-order valence-corrected chi connectivity index (χ1v) is 14.2. The zero-order valence-electron chi connectivity index (χ0n) is 21.8. The number of carbonyl (C=O) groups is 2. The first-order chi connectivity index (χ1) is 19.3. The molecular weight excluding hydrogens is 551 g/mol. The van der Waals surface area contributed by atoms with E-state index in [9.17, 15) is 14.7 Å².